The third-order valence-corrected chi connectivity index (χ3v) is 4.47. The minimum atomic E-state index is -4.00. The summed E-state index contributed by atoms with van der Waals surface area (Å²) in [4.78, 5) is -0.414. The largest absolute Gasteiger partial charge is 0.387 e. The molecular weight excluding hydrogens is 293 g/mol. The van der Waals surface area contributed by atoms with Gasteiger partial charge in [-0.15, -0.1) is 0 Å². The quantitative estimate of drug-likeness (QED) is 0.889. The monoisotopic (exact) mass is 309 g/mol. The SMILES string of the molecule is Cc1ccc(F)c(S(=O)(=O)NCC(O)c2ccccc2)c1. The molecule has 0 saturated heterocycles. The fourth-order valence-electron chi connectivity index (χ4n) is 1.88. The molecule has 0 heterocycles. The minimum Gasteiger partial charge on any atom is -0.387 e. The number of sulfonamides is 1. The number of halogens is 1. The van der Waals surface area contributed by atoms with E-state index in [2.05, 4.69) is 4.72 Å². The Morgan fingerprint density at radius 1 is 1.19 bits per heavy atom. The second-order valence-corrected chi connectivity index (χ2v) is 6.45. The molecule has 2 aromatic carbocycles. The Balaban J connectivity index is 2.13. The highest BCUT2D eigenvalue weighted by molar-refractivity contribution is 7.89. The summed E-state index contributed by atoms with van der Waals surface area (Å²) in [6.45, 7) is 1.46. The Hall–Kier alpha value is -1.76. The van der Waals surface area contributed by atoms with Gasteiger partial charge >= 0.3 is 0 Å². The van der Waals surface area contributed by atoms with E-state index in [1.165, 1.54) is 12.1 Å². The second kappa shape index (κ2) is 6.34. The molecule has 0 aliphatic rings. The molecule has 0 bridgehead atoms. The van der Waals surface area contributed by atoms with E-state index in [0.29, 0.717) is 11.1 Å². The van der Waals surface area contributed by atoms with Crippen LogP contribution in [0, 0.1) is 12.7 Å². The minimum absolute atomic E-state index is 0.222. The number of benzene rings is 2. The van der Waals surface area contributed by atoms with E-state index in [0.717, 1.165) is 6.07 Å². The number of nitrogens with one attached hydrogen (secondary N) is 1. The van der Waals surface area contributed by atoms with Crippen molar-refractivity contribution in [2.75, 3.05) is 6.54 Å². The Morgan fingerprint density at radius 2 is 1.86 bits per heavy atom. The molecule has 0 aliphatic heterocycles. The van der Waals surface area contributed by atoms with Gasteiger partial charge in [-0.25, -0.2) is 17.5 Å². The number of hydrogen-bond donors (Lipinski definition) is 2. The maximum Gasteiger partial charge on any atom is 0.243 e. The molecule has 0 amide bonds. The van der Waals surface area contributed by atoms with Crippen LogP contribution in [0.1, 0.15) is 17.2 Å². The highest BCUT2D eigenvalue weighted by atomic mass is 32.2. The molecule has 0 radical (unpaired) electrons. The van der Waals surface area contributed by atoms with E-state index in [9.17, 15) is 17.9 Å². The Labute approximate surface area is 123 Å². The lowest BCUT2D eigenvalue weighted by Gasteiger charge is -2.13. The molecule has 0 saturated carbocycles. The highest BCUT2D eigenvalue weighted by Crippen LogP contribution is 2.17. The Kier molecular flexibility index (Phi) is 4.72. The van der Waals surface area contributed by atoms with Crippen LogP contribution in [0.25, 0.3) is 0 Å². The van der Waals surface area contributed by atoms with Crippen LogP contribution >= 0.6 is 0 Å². The number of aliphatic hydroxyl groups is 1. The summed E-state index contributed by atoms with van der Waals surface area (Å²) < 4.78 is 40.0. The van der Waals surface area contributed by atoms with Crippen LogP contribution in [0.3, 0.4) is 0 Å². The van der Waals surface area contributed by atoms with Crippen molar-refractivity contribution in [3.05, 3.63) is 65.5 Å². The third-order valence-electron chi connectivity index (χ3n) is 3.03. The molecule has 0 fully saturated rings. The van der Waals surface area contributed by atoms with Crippen LogP contribution in [-0.4, -0.2) is 20.1 Å². The molecule has 1 atom stereocenters. The van der Waals surface area contributed by atoms with Crippen molar-refractivity contribution in [2.24, 2.45) is 0 Å². The van der Waals surface area contributed by atoms with Crippen molar-refractivity contribution in [3.8, 4) is 0 Å². The van der Waals surface area contributed by atoms with E-state index in [-0.39, 0.29) is 6.54 Å². The molecular formula is C15H16FNO3S. The van der Waals surface area contributed by atoms with Gasteiger partial charge in [0.2, 0.25) is 10.0 Å². The van der Waals surface area contributed by atoms with Gasteiger partial charge in [-0.2, -0.15) is 0 Å². The molecule has 0 aliphatic carbocycles. The van der Waals surface area contributed by atoms with Gasteiger partial charge in [-0.3, -0.25) is 0 Å². The average molecular weight is 309 g/mol. The van der Waals surface area contributed by atoms with Gasteiger partial charge in [-0.05, 0) is 30.2 Å². The predicted octanol–water partition coefficient (Wildman–Crippen LogP) is 2.15. The summed E-state index contributed by atoms with van der Waals surface area (Å²) in [7, 11) is -4.00. The summed E-state index contributed by atoms with van der Waals surface area (Å²) in [6, 6.07) is 12.5. The number of aliphatic hydroxyl groups excluding tert-OH is 1. The molecule has 1 unspecified atom stereocenters. The molecule has 0 spiro atoms. The van der Waals surface area contributed by atoms with E-state index < -0.39 is 26.8 Å². The van der Waals surface area contributed by atoms with Crippen molar-refractivity contribution in [1.29, 1.82) is 0 Å². The Bertz CT molecular complexity index is 717. The van der Waals surface area contributed by atoms with E-state index >= 15 is 0 Å². The Morgan fingerprint density at radius 3 is 2.52 bits per heavy atom. The van der Waals surface area contributed by atoms with Gasteiger partial charge in [0.25, 0.3) is 0 Å². The molecule has 2 N–H and O–H groups in total. The maximum absolute atomic E-state index is 13.6. The first-order valence-corrected chi connectivity index (χ1v) is 7.87. The molecule has 6 heteroatoms. The normalized spacial score (nSPS) is 13.1. The van der Waals surface area contributed by atoms with Crippen LogP contribution < -0.4 is 4.72 Å². The van der Waals surface area contributed by atoms with Gasteiger partial charge in [-0.1, -0.05) is 36.4 Å². The molecule has 2 aromatic rings. The maximum atomic E-state index is 13.6. The van der Waals surface area contributed by atoms with Gasteiger partial charge in [0, 0.05) is 6.54 Å². The fourth-order valence-corrected chi connectivity index (χ4v) is 3.07. The summed E-state index contributed by atoms with van der Waals surface area (Å²) in [6.07, 6.45) is -0.992. The zero-order chi connectivity index (χ0) is 15.5. The number of aryl methyl sites for hydroxylation is 1. The first-order valence-electron chi connectivity index (χ1n) is 6.39. The summed E-state index contributed by atoms with van der Waals surface area (Å²) in [5.41, 5.74) is 1.23. The van der Waals surface area contributed by atoms with Crippen molar-refractivity contribution < 1.29 is 17.9 Å². The van der Waals surface area contributed by atoms with Crippen LogP contribution in [0.5, 0.6) is 0 Å². The summed E-state index contributed by atoms with van der Waals surface area (Å²) >= 11 is 0. The van der Waals surface area contributed by atoms with Crippen molar-refractivity contribution >= 4 is 10.0 Å². The zero-order valence-corrected chi connectivity index (χ0v) is 12.3. The first kappa shape index (κ1) is 15.6. The predicted molar refractivity (Wildman–Crippen MR) is 77.7 cm³/mol. The lowest BCUT2D eigenvalue weighted by molar-refractivity contribution is 0.182. The molecule has 2 rings (SSSR count). The van der Waals surface area contributed by atoms with Crippen molar-refractivity contribution in [2.45, 2.75) is 17.9 Å². The van der Waals surface area contributed by atoms with Crippen LogP contribution in [0.15, 0.2) is 53.4 Å². The van der Waals surface area contributed by atoms with Gasteiger partial charge < -0.3 is 5.11 Å². The summed E-state index contributed by atoms with van der Waals surface area (Å²) in [5.74, 6) is -0.817. The van der Waals surface area contributed by atoms with Gasteiger partial charge in [0.05, 0.1) is 6.10 Å². The van der Waals surface area contributed by atoms with E-state index in [1.807, 2.05) is 0 Å². The van der Waals surface area contributed by atoms with Crippen LogP contribution in [-0.2, 0) is 10.0 Å². The van der Waals surface area contributed by atoms with Crippen LogP contribution in [0.2, 0.25) is 0 Å². The standard InChI is InChI=1S/C15H16FNO3S/c1-11-7-8-13(16)15(9-11)21(19,20)17-10-14(18)12-5-3-2-4-6-12/h2-9,14,17-18H,10H2,1H3. The molecule has 21 heavy (non-hydrogen) atoms. The fraction of sp³-hybridized carbons (Fsp3) is 0.200. The third kappa shape index (κ3) is 3.87. The van der Waals surface area contributed by atoms with Crippen molar-refractivity contribution in [3.63, 3.8) is 0 Å². The second-order valence-electron chi connectivity index (χ2n) is 4.71. The highest BCUT2D eigenvalue weighted by Gasteiger charge is 2.20. The topological polar surface area (TPSA) is 66.4 Å². The lowest BCUT2D eigenvalue weighted by atomic mass is 10.1. The smallest absolute Gasteiger partial charge is 0.243 e. The first-order chi connectivity index (χ1) is 9.90. The van der Waals surface area contributed by atoms with Crippen LogP contribution in [0.4, 0.5) is 4.39 Å². The van der Waals surface area contributed by atoms with Gasteiger partial charge in [0.1, 0.15) is 10.7 Å². The average Bonchev–Trinajstić information content (AvgIpc) is 2.48. The molecule has 4 nitrogen and oxygen atoms in total. The molecule has 0 aromatic heterocycles. The lowest BCUT2D eigenvalue weighted by Crippen LogP contribution is -2.29. The summed E-state index contributed by atoms with van der Waals surface area (Å²) in [5, 5.41) is 9.93. The zero-order valence-electron chi connectivity index (χ0n) is 11.5. The van der Waals surface area contributed by atoms with E-state index in [1.54, 1.807) is 37.3 Å². The number of hydrogen-bond acceptors (Lipinski definition) is 3. The van der Waals surface area contributed by atoms with E-state index in [4.69, 9.17) is 0 Å². The van der Waals surface area contributed by atoms with Crippen molar-refractivity contribution in [1.82, 2.24) is 4.72 Å². The van der Waals surface area contributed by atoms with Gasteiger partial charge in [0.15, 0.2) is 0 Å². The number of rotatable bonds is 5. The molecule has 112 valence electrons.